The summed E-state index contributed by atoms with van der Waals surface area (Å²) in [6.45, 7) is 6.28. The molecule has 0 saturated carbocycles. The van der Waals surface area contributed by atoms with Crippen molar-refractivity contribution in [3.8, 4) is 11.5 Å². The Morgan fingerprint density at radius 3 is 2.31 bits per heavy atom. The van der Waals surface area contributed by atoms with Crippen LogP contribution in [0.1, 0.15) is 43.2 Å². The van der Waals surface area contributed by atoms with Gasteiger partial charge in [-0.25, -0.2) is 0 Å². The minimum Gasteiger partial charge on any atom is -0.497 e. The minimum atomic E-state index is -0.146. The second-order valence-electron chi connectivity index (χ2n) is 6.69. The van der Waals surface area contributed by atoms with Crippen LogP contribution in [-0.2, 0) is 4.79 Å². The number of ether oxygens (including phenoxy) is 2. The number of hydrogen-bond acceptors (Lipinski definition) is 4. The molecule has 2 aromatic rings. The molecule has 138 valence electrons. The highest BCUT2D eigenvalue weighted by Crippen LogP contribution is 2.48. The van der Waals surface area contributed by atoms with Gasteiger partial charge in [-0.05, 0) is 48.7 Å². The lowest BCUT2D eigenvalue weighted by atomic mass is 10.0. The third-order valence-corrected chi connectivity index (χ3v) is 6.03. The van der Waals surface area contributed by atoms with E-state index in [1.54, 1.807) is 26.0 Å². The Balaban J connectivity index is 2.04. The maximum atomic E-state index is 12.9. The first-order valence-corrected chi connectivity index (χ1v) is 9.71. The standard InChI is InChI=1S/C21H25NO3S/c1-13(2)15-6-8-16(9-7-15)22-20(23)14(3)26-21(22)18-12-17(24-4)10-11-19(18)25-5/h6-14,21H,1-5H3/t14-,21+/m1/s1. The Labute approximate surface area is 159 Å². The number of benzene rings is 2. The molecule has 0 radical (unpaired) electrons. The molecular weight excluding hydrogens is 346 g/mol. The van der Waals surface area contributed by atoms with Crippen molar-refractivity contribution in [3.63, 3.8) is 0 Å². The Hall–Kier alpha value is -2.14. The van der Waals surface area contributed by atoms with E-state index in [0.29, 0.717) is 5.92 Å². The zero-order valence-corrected chi connectivity index (χ0v) is 16.7. The van der Waals surface area contributed by atoms with Crippen LogP contribution in [0.15, 0.2) is 42.5 Å². The summed E-state index contributed by atoms with van der Waals surface area (Å²) in [6.07, 6.45) is 0. The number of methoxy groups -OCH3 is 2. The highest BCUT2D eigenvalue weighted by molar-refractivity contribution is 8.01. The van der Waals surface area contributed by atoms with Gasteiger partial charge in [0.25, 0.3) is 0 Å². The van der Waals surface area contributed by atoms with Crippen LogP contribution >= 0.6 is 11.8 Å². The Kier molecular flexibility index (Phi) is 5.47. The summed E-state index contributed by atoms with van der Waals surface area (Å²) >= 11 is 1.63. The van der Waals surface area contributed by atoms with Crippen LogP contribution in [0, 0.1) is 0 Å². The van der Waals surface area contributed by atoms with Crippen LogP contribution < -0.4 is 14.4 Å². The maximum Gasteiger partial charge on any atom is 0.241 e. The van der Waals surface area contributed by atoms with Crippen molar-refractivity contribution in [3.05, 3.63) is 53.6 Å². The number of amides is 1. The number of carbonyl (C=O) groups excluding carboxylic acids is 1. The predicted octanol–water partition coefficient (Wildman–Crippen LogP) is 4.99. The Bertz CT molecular complexity index is 788. The fourth-order valence-electron chi connectivity index (χ4n) is 3.15. The average molecular weight is 372 g/mol. The first-order chi connectivity index (χ1) is 12.5. The molecule has 2 atom stereocenters. The van der Waals surface area contributed by atoms with E-state index < -0.39 is 0 Å². The highest BCUT2D eigenvalue weighted by atomic mass is 32.2. The number of thioether (sulfide) groups is 1. The molecule has 26 heavy (non-hydrogen) atoms. The molecule has 1 heterocycles. The molecule has 1 aliphatic heterocycles. The zero-order valence-electron chi connectivity index (χ0n) is 15.9. The van der Waals surface area contributed by atoms with E-state index in [1.165, 1.54) is 5.56 Å². The highest BCUT2D eigenvalue weighted by Gasteiger charge is 2.40. The molecule has 0 N–H and O–H groups in total. The molecule has 3 rings (SSSR count). The van der Waals surface area contributed by atoms with Crippen LogP contribution in [0.5, 0.6) is 11.5 Å². The molecule has 1 amide bonds. The lowest BCUT2D eigenvalue weighted by Crippen LogP contribution is -2.30. The Morgan fingerprint density at radius 2 is 1.73 bits per heavy atom. The first kappa shape index (κ1) is 18.6. The number of rotatable bonds is 5. The lowest BCUT2D eigenvalue weighted by Gasteiger charge is -2.26. The molecule has 1 fully saturated rings. The third-order valence-electron chi connectivity index (χ3n) is 4.69. The predicted molar refractivity (Wildman–Crippen MR) is 107 cm³/mol. The van der Waals surface area contributed by atoms with Crippen LogP contribution in [0.2, 0.25) is 0 Å². The molecule has 2 aromatic carbocycles. The molecule has 0 spiro atoms. The molecule has 0 aromatic heterocycles. The van der Waals surface area contributed by atoms with Crippen molar-refractivity contribution < 1.29 is 14.3 Å². The van der Waals surface area contributed by atoms with Gasteiger partial charge in [0.1, 0.15) is 16.9 Å². The minimum absolute atomic E-state index is 0.110. The van der Waals surface area contributed by atoms with Gasteiger partial charge in [-0.1, -0.05) is 26.0 Å². The largest absolute Gasteiger partial charge is 0.497 e. The fraction of sp³-hybridized carbons (Fsp3) is 0.381. The summed E-state index contributed by atoms with van der Waals surface area (Å²) < 4.78 is 10.9. The van der Waals surface area contributed by atoms with Crippen molar-refractivity contribution in [2.24, 2.45) is 0 Å². The zero-order chi connectivity index (χ0) is 18.8. The lowest BCUT2D eigenvalue weighted by molar-refractivity contribution is -0.117. The maximum absolute atomic E-state index is 12.9. The first-order valence-electron chi connectivity index (χ1n) is 8.76. The summed E-state index contributed by atoms with van der Waals surface area (Å²) in [7, 11) is 3.29. The van der Waals surface area contributed by atoms with Crippen LogP contribution in [0.3, 0.4) is 0 Å². The van der Waals surface area contributed by atoms with E-state index in [1.807, 2.05) is 42.2 Å². The van der Waals surface area contributed by atoms with Crippen LogP contribution in [0.4, 0.5) is 5.69 Å². The summed E-state index contributed by atoms with van der Waals surface area (Å²) in [4.78, 5) is 14.8. The van der Waals surface area contributed by atoms with Gasteiger partial charge in [0.05, 0.1) is 19.5 Å². The molecule has 0 aliphatic carbocycles. The van der Waals surface area contributed by atoms with E-state index in [0.717, 1.165) is 22.7 Å². The fourth-order valence-corrected chi connectivity index (χ4v) is 4.45. The van der Waals surface area contributed by atoms with E-state index >= 15 is 0 Å². The number of hydrogen-bond donors (Lipinski definition) is 0. The van der Waals surface area contributed by atoms with Crippen molar-refractivity contribution in [2.75, 3.05) is 19.1 Å². The van der Waals surface area contributed by atoms with Gasteiger partial charge in [0.2, 0.25) is 5.91 Å². The number of carbonyl (C=O) groups is 1. The summed E-state index contributed by atoms with van der Waals surface area (Å²) in [6, 6.07) is 14.0. The molecule has 4 nitrogen and oxygen atoms in total. The van der Waals surface area contributed by atoms with E-state index in [4.69, 9.17) is 9.47 Å². The monoisotopic (exact) mass is 371 g/mol. The normalized spacial score (nSPS) is 19.9. The average Bonchev–Trinajstić information content (AvgIpc) is 2.96. The Morgan fingerprint density at radius 1 is 1.04 bits per heavy atom. The second kappa shape index (κ2) is 7.62. The van der Waals surface area contributed by atoms with Gasteiger partial charge >= 0.3 is 0 Å². The molecule has 1 saturated heterocycles. The van der Waals surface area contributed by atoms with E-state index in [-0.39, 0.29) is 16.5 Å². The summed E-state index contributed by atoms with van der Waals surface area (Å²) in [5.74, 6) is 2.08. The van der Waals surface area contributed by atoms with Crippen molar-refractivity contribution in [1.29, 1.82) is 0 Å². The quantitative estimate of drug-likeness (QED) is 0.742. The number of nitrogens with zero attached hydrogens (tertiary/aromatic N) is 1. The van der Waals surface area contributed by atoms with Crippen molar-refractivity contribution >= 4 is 23.4 Å². The SMILES string of the molecule is COc1ccc(OC)c([C@@H]2S[C@H](C)C(=O)N2c2ccc(C(C)C)cc2)c1. The van der Waals surface area contributed by atoms with Gasteiger partial charge in [-0.3, -0.25) is 9.69 Å². The van der Waals surface area contributed by atoms with E-state index in [2.05, 4.69) is 26.0 Å². The van der Waals surface area contributed by atoms with Gasteiger partial charge in [-0.15, -0.1) is 11.8 Å². The molecule has 0 unspecified atom stereocenters. The van der Waals surface area contributed by atoms with E-state index in [9.17, 15) is 4.79 Å². The second-order valence-corrected chi connectivity index (χ2v) is 8.12. The van der Waals surface area contributed by atoms with Gasteiger partial charge in [-0.2, -0.15) is 0 Å². The summed E-state index contributed by atoms with van der Waals surface area (Å²) in [5, 5.41) is -0.256. The smallest absolute Gasteiger partial charge is 0.241 e. The van der Waals surface area contributed by atoms with Gasteiger partial charge in [0, 0.05) is 11.3 Å². The van der Waals surface area contributed by atoms with Crippen LogP contribution in [-0.4, -0.2) is 25.4 Å². The van der Waals surface area contributed by atoms with Crippen molar-refractivity contribution in [1.82, 2.24) is 0 Å². The number of anilines is 1. The molecule has 5 heteroatoms. The van der Waals surface area contributed by atoms with Crippen LogP contribution in [0.25, 0.3) is 0 Å². The molecule has 0 bridgehead atoms. The van der Waals surface area contributed by atoms with Gasteiger partial charge in [0.15, 0.2) is 0 Å². The third kappa shape index (κ3) is 3.40. The molecular formula is C21H25NO3S. The van der Waals surface area contributed by atoms with Gasteiger partial charge < -0.3 is 9.47 Å². The summed E-state index contributed by atoms with van der Waals surface area (Å²) in [5.41, 5.74) is 3.12. The topological polar surface area (TPSA) is 38.8 Å². The molecule has 1 aliphatic rings. The van der Waals surface area contributed by atoms with Crippen molar-refractivity contribution in [2.45, 2.75) is 37.3 Å².